The average Bonchev–Trinajstić information content (AvgIpc) is 2.55. The van der Waals surface area contributed by atoms with Crippen LogP contribution in [0.1, 0.15) is 22.7 Å². The highest BCUT2D eigenvalue weighted by Crippen LogP contribution is 2.42. The van der Waals surface area contributed by atoms with Gasteiger partial charge in [-0.3, -0.25) is 4.79 Å². The van der Waals surface area contributed by atoms with Crippen LogP contribution in [0.3, 0.4) is 0 Å². The van der Waals surface area contributed by atoms with Crippen LogP contribution in [-0.2, 0) is 9.53 Å². The van der Waals surface area contributed by atoms with Crippen LogP contribution in [0.2, 0.25) is 10.0 Å². The van der Waals surface area contributed by atoms with Crippen molar-refractivity contribution in [2.75, 3.05) is 7.11 Å². The quantitative estimate of drug-likeness (QED) is 0.781. The molecule has 0 amide bonds. The number of aromatic amines is 1. The van der Waals surface area contributed by atoms with Crippen molar-refractivity contribution in [2.45, 2.75) is 12.8 Å². The molecule has 2 heterocycles. The van der Waals surface area contributed by atoms with Crippen molar-refractivity contribution < 1.29 is 14.3 Å². The van der Waals surface area contributed by atoms with Gasteiger partial charge in [0.2, 0.25) is 5.88 Å². The van der Waals surface area contributed by atoms with Crippen LogP contribution in [-0.4, -0.2) is 18.1 Å². The molecule has 1 aromatic heterocycles. The molecule has 130 valence electrons. The van der Waals surface area contributed by atoms with Gasteiger partial charge in [0.15, 0.2) is 0 Å². The van der Waals surface area contributed by atoms with E-state index in [1.807, 2.05) is 0 Å². The van der Waals surface area contributed by atoms with Gasteiger partial charge in [0.1, 0.15) is 11.3 Å². The summed E-state index contributed by atoms with van der Waals surface area (Å²) < 4.78 is 10.3. The third-order valence-corrected chi connectivity index (χ3v) is 4.65. The van der Waals surface area contributed by atoms with Crippen LogP contribution in [0.25, 0.3) is 0 Å². The molecule has 0 saturated carbocycles. The second-order valence-corrected chi connectivity index (χ2v) is 6.35. The lowest BCUT2D eigenvalue weighted by atomic mass is 9.83. The van der Waals surface area contributed by atoms with Crippen molar-refractivity contribution in [3.8, 4) is 5.75 Å². The third kappa shape index (κ3) is 2.99. The minimum Gasteiger partial charge on any atom is -0.465 e. The zero-order valence-corrected chi connectivity index (χ0v) is 14.9. The number of nitrogens with two attached hydrogens (primary N) is 1. The molecule has 0 saturated heterocycles. The molecule has 25 heavy (non-hydrogen) atoms. The van der Waals surface area contributed by atoms with E-state index in [9.17, 15) is 9.59 Å². The molecule has 0 spiro atoms. The summed E-state index contributed by atoms with van der Waals surface area (Å²) in [6.45, 7) is 1.72. The fourth-order valence-corrected chi connectivity index (χ4v) is 3.15. The molecule has 1 aromatic carbocycles. The number of halogens is 2. The Morgan fingerprint density at radius 2 is 2.00 bits per heavy atom. The minimum absolute atomic E-state index is 0.0303. The number of hydrogen-bond acceptors (Lipinski definition) is 5. The lowest BCUT2D eigenvalue weighted by molar-refractivity contribution is -0.136. The zero-order chi connectivity index (χ0) is 18.3. The Bertz CT molecular complexity index is 966. The number of pyridine rings is 1. The molecule has 3 rings (SSSR count). The number of benzene rings is 1. The number of carbonyl (C=O) groups excluding carboxylic acids is 1. The smallest absolute Gasteiger partial charge is 0.340 e. The Balaban J connectivity index is 2.32. The Morgan fingerprint density at radius 3 is 2.64 bits per heavy atom. The Labute approximate surface area is 153 Å². The van der Waals surface area contributed by atoms with Crippen LogP contribution < -0.4 is 16.0 Å². The number of rotatable bonds is 2. The molecule has 1 aliphatic rings. The number of fused-ring (bicyclic) bond motifs is 1. The second kappa shape index (κ2) is 6.46. The van der Waals surface area contributed by atoms with E-state index in [4.69, 9.17) is 38.4 Å². The van der Waals surface area contributed by atoms with Crippen molar-refractivity contribution in [2.24, 2.45) is 5.73 Å². The number of carbonyl (C=O) groups is 1. The predicted octanol–water partition coefficient (Wildman–Crippen LogP) is 2.86. The maximum atomic E-state index is 12.6. The summed E-state index contributed by atoms with van der Waals surface area (Å²) in [6, 6.07) is 6.48. The van der Waals surface area contributed by atoms with E-state index in [1.54, 1.807) is 31.2 Å². The van der Waals surface area contributed by atoms with Crippen LogP contribution in [0.5, 0.6) is 5.75 Å². The number of ether oxygens (including phenoxy) is 2. The van der Waals surface area contributed by atoms with Gasteiger partial charge in [-0.05, 0) is 24.6 Å². The number of H-pyrrole nitrogens is 1. The fraction of sp³-hybridized carbons (Fsp3) is 0.176. The molecule has 0 aliphatic carbocycles. The maximum Gasteiger partial charge on any atom is 0.340 e. The van der Waals surface area contributed by atoms with Gasteiger partial charge in [0, 0.05) is 11.8 Å². The van der Waals surface area contributed by atoms with Crippen molar-refractivity contribution in [1.29, 1.82) is 0 Å². The molecule has 2 aromatic rings. The number of hydrogen-bond donors (Lipinski definition) is 2. The fourth-order valence-electron chi connectivity index (χ4n) is 2.84. The summed E-state index contributed by atoms with van der Waals surface area (Å²) in [4.78, 5) is 27.6. The van der Waals surface area contributed by atoms with E-state index in [0.29, 0.717) is 21.3 Å². The summed E-state index contributed by atoms with van der Waals surface area (Å²) in [7, 11) is 1.23. The predicted molar refractivity (Wildman–Crippen MR) is 94.0 cm³/mol. The monoisotopic (exact) mass is 380 g/mol. The highest BCUT2D eigenvalue weighted by Gasteiger charge is 2.37. The van der Waals surface area contributed by atoms with Gasteiger partial charge in [-0.1, -0.05) is 29.3 Å². The molecule has 0 bridgehead atoms. The van der Waals surface area contributed by atoms with Crippen molar-refractivity contribution in [3.63, 3.8) is 0 Å². The summed E-state index contributed by atoms with van der Waals surface area (Å²) in [5.74, 6) is -1.34. The van der Waals surface area contributed by atoms with Crippen molar-refractivity contribution in [1.82, 2.24) is 4.98 Å². The normalized spacial score (nSPS) is 16.2. The number of aromatic nitrogens is 1. The maximum absolute atomic E-state index is 12.6. The minimum atomic E-state index is -0.796. The van der Waals surface area contributed by atoms with Crippen LogP contribution in [0.4, 0.5) is 0 Å². The first kappa shape index (κ1) is 17.4. The number of nitrogens with one attached hydrogen (secondary N) is 1. The topological polar surface area (TPSA) is 94.4 Å². The standard InChI is InChI=1S/C17H14Cl2N2O4/c1-7-5-11-13(16(22)21-7)12(8-3-4-9(18)10(19)6-8)14(15(20)25-11)17(23)24-2/h3-6,12H,20H2,1-2H3,(H,21,22)/t12-/m1/s1. The van der Waals surface area contributed by atoms with Gasteiger partial charge in [0.25, 0.3) is 5.56 Å². The van der Waals surface area contributed by atoms with E-state index >= 15 is 0 Å². The third-order valence-electron chi connectivity index (χ3n) is 3.91. The lowest BCUT2D eigenvalue weighted by Gasteiger charge is -2.27. The molecule has 0 fully saturated rings. The van der Waals surface area contributed by atoms with Gasteiger partial charge in [0.05, 0.1) is 28.6 Å². The summed E-state index contributed by atoms with van der Waals surface area (Å²) in [6.07, 6.45) is 0. The van der Waals surface area contributed by atoms with Gasteiger partial charge in [-0.25, -0.2) is 4.79 Å². The molecular weight excluding hydrogens is 367 g/mol. The first-order valence-electron chi connectivity index (χ1n) is 7.28. The van der Waals surface area contributed by atoms with Gasteiger partial charge in [-0.2, -0.15) is 0 Å². The molecule has 0 radical (unpaired) electrons. The summed E-state index contributed by atoms with van der Waals surface area (Å²) >= 11 is 12.1. The molecule has 1 aliphatic heterocycles. The first-order valence-corrected chi connectivity index (χ1v) is 8.03. The van der Waals surface area contributed by atoms with Gasteiger partial charge in [-0.15, -0.1) is 0 Å². The second-order valence-electron chi connectivity index (χ2n) is 5.54. The van der Waals surface area contributed by atoms with E-state index in [-0.39, 0.29) is 28.3 Å². The summed E-state index contributed by atoms with van der Waals surface area (Å²) in [5, 5.41) is 0.644. The Morgan fingerprint density at radius 1 is 1.28 bits per heavy atom. The van der Waals surface area contributed by atoms with E-state index in [2.05, 4.69) is 4.98 Å². The summed E-state index contributed by atoms with van der Waals surface area (Å²) in [5.41, 5.74) is 7.01. The molecule has 6 nitrogen and oxygen atoms in total. The van der Waals surface area contributed by atoms with Crippen LogP contribution >= 0.6 is 23.2 Å². The largest absolute Gasteiger partial charge is 0.465 e. The molecule has 1 atom stereocenters. The molecular formula is C17H14Cl2N2O4. The van der Waals surface area contributed by atoms with Crippen molar-refractivity contribution in [3.05, 3.63) is 72.9 Å². The Hall–Kier alpha value is -2.44. The van der Waals surface area contributed by atoms with E-state index in [0.717, 1.165) is 0 Å². The van der Waals surface area contributed by atoms with Gasteiger partial charge < -0.3 is 20.2 Å². The first-order chi connectivity index (χ1) is 11.8. The average molecular weight is 381 g/mol. The van der Waals surface area contributed by atoms with E-state index < -0.39 is 11.9 Å². The Kier molecular flexibility index (Phi) is 4.49. The molecule has 3 N–H and O–H groups in total. The molecule has 8 heteroatoms. The number of aryl methyl sites for hydroxylation is 1. The highest BCUT2D eigenvalue weighted by atomic mass is 35.5. The van der Waals surface area contributed by atoms with Crippen LogP contribution in [0, 0.1) is 6.92 Å². The van der Waals surface area contributed by atoms with Crippen LogP contribution in [0.15, 0.2) is 40.5 Å². The number of methoxy groups -OCH3 is 1. The molecule has 0 unspecified atom stereocenters. The highest BCUT2D eigenvalue weighted by molar-refractivity contribution is 6.42. The van der Waals surface area contributed by atoms with E-state index in [1.165, 1.54) is 7.11 Å². The van der Waals surface area contributed by atoms with Crippen molar-refractivity contribution >= 4 is 29.2 Å². The lowest BCUT2D eigenvalue weighted by Crippen LogP contribution is -2.31. The number of esters is 1. The SMILES string of the molecule is COC(=O)C1=C(N)Oc2cc(C)[nH]c(=O)c2[C@H]1c1ccc(Cl)c(Cl)c1. The zero-order valence-electron chi connectivity index (χ0n) is 13.4. The van der Waals surface area contributed by atoms with Gasteiger partial charge >= 0.3 is 5.97 Å².